The van der Waals surface area contributed by atoms with E-state index in [4.69, 9.17) is 9.47 Å². The highest BCUT2D eigenvalue weighted by Crippen LogP contribution is 2.34. The number of aryl methyl sites for hydroxylation is 1. The molecule has 182 valence electrons. The van der Waals surface area contributed by atoms with Gasteiger partial charge >= 0.3 is 0 Å². The largest absolute Gasteiger partial charge is 0.454 e. The lowest BCUT2D eigenvalue weighted by molar-refractivity contribution is -0.118. The summed E-state index contributed by atoms with van der Waals surface area (Å²) in [5, 5.41) is 3.56. The summed E-state index contributed by atoms with van der Waals surface area (Å²) >= 11 is 1.28. The SMILES string of the molecule is Cc1ccc(N2C(=O)/C(=C\c3ccc4c(c3)OCO4)N=C2SCC(=O)NCC2CCCCC2)cc1. The standard InChI is InChI=1S/C27H29N3O4S/c1-18-7-10-21(11-8-18)30-26(32)22(13-20-9-12-23-24(14-20)34-17-33-23)29-27(30)35-16-25(31)28-15-19-5-3-2-4-6-19/h7-14,19H,2-6,15-17H2,1H3,(H,28,31)/b22-13+. The Morgan fingerprint density at radius 1 is 1.11 bits per heavy atom. The Labute approximate surface area is 209 Å². The van der Waals surface area contributed by atoms with Gasteiger partial charge < -0.3 is 14.8 Å². The van der Waals surface area contributed by atoms with Crippen LogP contribution in [0.5, 0.6) is 11.5 Å². The maximum atomic E-state index is 13.4. The van der Waals surface area contributed by atoms with Crippen molar-refractivity contribution in [2.45, 2.75) is 39.0 Å². The second kappa shape index (κ2) is 10.6. The van der Waals surface area contributed by atoms with E-state index < -0.39 is 0 Å². The van der Waals surface area contributed by atoms with Crippen LogP contribution in [0.25, 0.3) is 6.08 Å². The van der Waals surface area contributed by atoms with Crippen molar-refractivity contribution in [3.63, 3.8) is 0 Å². The molecule has 1 saturated carbocycles. The third-order valence-electron chi connectivity index (χ3n) is 6.47. The summed E-state index contributed by atoms with van der Waals surface area (Å²) in [5.41, 5.74) is 2.93. The molecule has 2 heterocycles. The molecule has 0 radical (unpaired) electrons. The van der Waals surface area contributed by atoms with Crippen LogP contribution in [0.3, 0.4) is 0 Å². The van der Waals surface area contributed by atoms with E-state index in [2.05, 4.69) is 10.3 Å². The van der Waals surface area contributed by atoms with Crippen LogP contribution in [0.4, 0.5) is 5.69 Å². The number of rotatable bonds is 6. The molecule has 3 aliphatic rings. The fourth-order valence-electron chi connectivity index (χ4n) is 4.51. The lowest BCUT2D eigenvalue weighted by Gasteiger charge is -2.22. The Hall–Kier alpha value is -3.26. The van der Waals surface area contributed by atoms with E-state index in [1.54, 1.807) is 11.0 Å². The maximum absolute atomic E-state index is 13.4. The Balaban J connectivity index is 1.32. The number of amides is 2. The molecule has 2 amide bonds. The third-order valence-corrected chi connectivity index (χ3v) is 7.41. The summed E-state index contributed by atoms with van der Waals surface area (Å²) < 4.78 is 10.8. The molecule has 0 bridgehead atoms. The van der Waals surface area contributed by atoms with Crippen LogP contribution in [-0.2, 0) is 9.59 Å². The summed E-state index contributed by atoms with van der Waals surface area (Å²) in [4.78, 5) is 32.2. The van der Waals surface area contributed by atoms with Gasteiger partial charge in [0.1, 0.15) is 5.70 Å². The van der Waals surface area contributed by atoms with Crippen LogP contribution >= 0.6 is 11.8 Å². The van der Waals surface area contributed by atoms with Crippen molar-refractivity contribution < 1.29 is 19.1 Å². The van der Waals surface area contributed by atoms with Crippen LogP contribution in [0.2, 0.25) is 0 Å². The Morgan fingerprint density at radius 2 is 1.89 bits per heavy atom. The summed E-state index contributed by atoms with van der Waals surface area (Å²) in [5.74, 6) is 1.85. The minimum Gasteiger partial charge on any atom is -0.454 e. The Kier molecular flexibility index (Phi) is 7.08. The highest BCUT2D eigenvalue weighted by molar-refractivity contribution is 8.14. The van der Waals surface area contributed by atoms with E-state index in [0.29, 0.717) is 28.3 Å². The molecule has 0 unspecified atom stereocenters. The van der Waals surface area contributed by atoms with Crippen molar-refractivity contribution in [3.8, 4) is 11.5 Å². The van der Waals surface area contributed by atoms with Gasteiger partial charge in [0.2, 0.25) is 12.7 Å². The summed E-state index contributed by atoms with van der Waals surface area (Å²) in [6, 6.07) is 13.2. The van der Waals surface area contributed by atoms with E-state index in [-0.39, 0.29) is 24.4 Å². The predicted octanol–water partition coefficient (Wildman–Crippen LogP) is 4.90. The van der Waals surface area contributed by atoms with Crippen molar-refractivity contribution in [1.82, 2.24) is 5.32 Å². The smallest absolute Gasteiger partial charge is 0.283 e. The number of carbonyl (C=O) groups excluding carboxylic acids is 2. The van der Waals surface area contributed by atoms with E-state index in [0.717, 1.165) is 23.4 Å². The van der Waals surface area contributed by atoms with Gasteiger partial charge in [-0.3, -0.25) is 14.5 Å². The molecule has 2 aliphatic heterocycles. The van der Waals surface area contributed by atoms with Crippen molar-refractivity contribution in [2.24, 2.45) is 10.9 Å². The van der Waals surface area contributed by atoms with Gasteiger partial charge in [-0.1, -0.05) is 54.8 Å². The molecule has 0 atom stereocenters. The van der Waals surface area contributed by atoms with E-state index >= 15 is 0 Å². The number of thioether (sulfide) groups is 1. The molecule has 2 aromatic carbocycles. The normalized spacial score (nSPS) is 18.8. The number of nitrogens with zero attached hydrogens (tertiary/aromatic N) is 2. The number of hydrogen-bond donors (Lipinski definition) is 1. The number of aliphatic imine (C=N–C) groups is 1. The second-order valence-electron chi connectivity index (χ2n) is 9.11. The van der Waals surface area contributed by atoms with Crippen LogP contribution in [0.1, 0.15) is 43.2 Å². The van der Waals surface area contributed by atoms with Gasteiger partial charge in [0.25, 0.3) is 5.91 Å². The average Bonchev–Trinajstić information content (AvgIpc) is 3.46. The van der Waals surface area contributed by atoms with E-state index in [1.807, 2.05) is 49.4 Å². The van der Waals surface area contributed by atoms with Crippen LogP contribution < -0.4 is 19.7 Å². The number of benzene rings is 2. The summed E-state index contributed by atoms with van der Waals surface area (Å²) in [6.45, 7) is 2.92. The summed E-state index contributed by atoms with van der Waals surface area (Å²) in [6.07, 6.45) is 7.90. The first-order chi connectivity index (χ1) is 17.1. The highest BCUT2D eigenvalue weighted by atomic mass is 32.2. The third kappa shape index (κ3) is 5.53. The number of nitrogens with one attached hydrogen (secondary N) is 1. The van der Waals surface area contributed by atoms with Gasteiger partial charge in [-0.15, -0.1) is 0 Å². The number of ether oxygens (including phenoxy) is 2. The molecule has 8 heteroatoms. The van der Waals surface area contributed by atoms with Gasteiger partial charge in [-0.2, -0.15) is 0 Å². The Bertz CT molecular complexity index is 1170. The zero-order valence-electron chi connectivity index (χ0n) is 19.8. The zero-order valence-corrected chi connectivity index (χ0v) is 20.6. The van der Waals surface area contributed by atoms with E-state index in [1.165, 1.54) is 43.9 Å². The van der Waals surface area contributed by atoms with Gasteiger partial charge in [0.15, 0.2) is 16.7 Å². The molecular weight excluding hydrogens is 462 g/mol. The van der Waals surface area contributed by atoms with Crippen molar-refractivity contribution in [3.05, 3.63) is 59.3 Å². The lowest BCUT2D eigenvalue weighted by atomic mass is 9.89. The minimum absolute atomic E-state index is 0.0345. The van der Waals surface area contributed by atoms with Gasteiger partial charge in [0.05, 0.1) is 11.4 Å². The molecule has 5 rings (SSSR count). The van der Waals surface area contributed by atoms with Crippen LogP contribution in [0.15, 0.2) is 53.2 Å². The minimum atomic E-state index is -0.225. The van der Waals surface area contributed by atoms with Crippen molar-refractivity contribution in [2.75, 3.05) is 24.0 Å². The van der Waals surface area contributed by atoms with Gasteiger partial charge in [-0.05, 0) is 61.6 Å². The first kappa shape index (κ1) is 23.5. The highest BCUT2D eigenvalue weighted by Gasteiger charge is 2.32. The second-order valence-corrected chi connectivity index (χ2v) is 10.1. The van der Waals surface area contributed by atoms with Crippen LogP contribution in [-0.4, -0.2) is 36.1 Å². The molecule has 0 spiro atoms. The van der Waals surface area contributed by atoms with Gasteiger partial charge in [0, 0.05) is 6.54 Å². The molecule has 1 aliphatic carbocycles. The average molecular weight is 492 g/mol. The fourth-order valence-corrected chi connectivity index (χ4v) is 5.35. The fraction of sp³-hybridized carbons (Fsp3) is 0.370. The number of fused-ring (bicyclic) bond motifs is 1. The molecule has 1 N–H and O–H groups in total. The molecule has 7 nitrogen and oxygen atoms in total. The number of anilines is 1. The molecule has 0 saturated heterocycles. The first-order valence-electron chi connectivity index (χ1n) is 12.1. The number of carbonyl (C=O) groups is 2. The molecule has 1 fully saturated rings. The zero-order chi connectivity index (χ0) is 24.2. The molecule has 2 aromatic rings. The van der Waals surface area contributed by atoms with E-state index in [9.17, 15) is 9.59 Å². The van der Waals surface area contributed by atoms with Gasteiger partial charge in [-0.25, -0.2) is 4.99 Å². The monoisotopic (exact) mass is 491 g/mol. The first-order valence-corrected chi connectivity index (χ1v) is 13.1. The topological polar surface area (TPSA) is 80.2 Å². The Morgan fingerprint density at radius 3 is 2.69 bits per heavy atom. The number of amidine groups is 1. The maximum Gasteiger partial charge on any atom is 0.283 e. The van der Waals surface area contributed by atoms with Crippen molar-refractivity contribution >= 4 is 40.5 Å². The molecule has 35 heavy (non-hydrogen) atoms. The summed E-state index contributed by atoms with van der Waals surface area (Å²) in [7, 11) is 0. The number of hydrogen-bond acceptors (Lipinski definition) is 6. The lowest BCUT2D eigenvalue weighted by Crippen LogP contribution is -2.34. The van der Waals surface area contributed by atoms with Crippen molar-refractivity contribution in [1.29, 1.82) is 0 Å². The molecule has 0 aromatic heterocycles. The molecular formula is C27H29N3O4S. The quantitative estimate of drug-likeness (QED) is 0.582. The van der Waals surface area contributed by atoms with Crippen LogP contribution in [0, 0.1) is 12.8 Å². The predicted molar refractivity (Wildman–Crippen MR) is 139 cm³/mol.